The molecule has 0 spiro atoms. The Bertz CT molecular complexity index is 1100. The third-order valence-electron chi connectivity index (χ3n) is 4.74. The lowest BCUT2D eigenvalue weighted by molar-refractivity contribution is -0.149. The first kappa shape index (κ1) is 24.9. The summed E-state index contributed by atoms with van der Waals surface area (Å²) in [5, 5.41) is 17.5. The molecule has 1 atom stereocenters. The summed E-state index contributed by atoms with van der Waals surface area (Å²) in [7, 11) is 0. The van der Waals surface area contributed by atoms with Gasteiger partial charge in [-0.1, -0.05) is 29.4 Å². The minimum absolute atomic E-state index is 0.0268. The van der Waals surface area contributed by atoms with Crippen molar-refractivity contribution >= 4 is 11.7 Å². The molecule has 0 radical (unpaired) electrons. The van der Waals surface area contributed by atoms with E-state index >= 15 is 0 Å². The number of aliphatic carboxylic acids is 1. The van der Waals surface area contributed by atoms with Crippen molar-refractivity contribution in [2.45, 2.75) is 32.8 Å². The standard InChI is InChI=1S/C25H27FN2O6/c1-3-12-33-27-22(23-15-21(28-34-23)18-8-10-19(26)11-9-18)16-32-20-7-5-6-17(13-20)14-24(25(29)30)31-4-2/h5-11,13,15,24H,3-4,12,14,16H2,1-2H3,(H,29,30)/b27-22-. The maximum Gasteiger partial charge on any atom is 0.333 e. The van der Waals surface area contributed by atoms with E-state index in [1.165, 1.54) is 12.1 Å². The number of nitrogens with zero attached hydrogens (tertiary/aromatic N) is 2. The molecule has 0 aliphatic rings. The second kappa shape index (κ2) is 12.5. The molecule has 3 aromatic rings. The summed E-state index contributed by atoms with van der Waals surface area (Å²) in [5.41, 5.74) is 2.37. The zero-order chi connectivity index (χ0) is 24.3. The predicted molar refractivity (Wildman–Crippen MR) is 123 cm³/mol. The molecule has 8 nitrogen and oxygen atoms in total. The van der Waals surface area contributed by atoms with Crippen LogP contribution >= 0.6 is 0 Å². The molecular formula is C25H27FN2O6. The van der Waals surface area contributed by atoms with Crippen LogP contribution in [0.5, 0.6) is 5.75 Å². The number of carbonyl (C=O) groups is 1. The van der Waals surface area contributed by atoms with Gasteiger partial charge in [0.15, 0.2) is 17.6 Å². The van der Waals surface area contributed by atoms with Crippen molar-refractivity contribution in [3.05, 3.63) is 71.7 Å². The second-order valence-electron chi connectivity index (χ2n) is 7.38. The van der Waals surface area contributed by atoms with Crippen molar-refractivity contribution in [1.82, 2.24) is 5.16 Å². The van der Waals surface area contributed by atoms with E-state index in [1.54, 1.807) is 43.3 Å². The molecule has 0 saturated heterocycles. The van der Waals surface area contributed by atoms with Gasteiger partial charge in [-0.3, -0.25) is 0 Å². The first-order chi connectivity index (χ1) is 16.5. The van der Waals surface area contributed by atoms with Crippen LogP contribution in [0.3, 0.4) is 0 Å². The van der Waals surface area contributed by atoms with Crippen LogP contribution in [0.15, 0.2) is 64.3 Å². The molecule has 2 aromatic carbocycles. The van der Waals surface area contributed by atoms with Gasteiger partial charge >= 0.3 is 5.97 Å². The van der Waals surface area contributed by atoms with Crippen LogP contribution in [0.4, 0.5) is 4.39 Å². The lowest BCUT2D eigenvalue weighted by Gasteiger charge is -2.13. The van der Waals surface area contributed by atoms with Crippen LogP contribution in [0.25, 0.3) is 11.3 Å². The molecule has 0 aliphatic heterocycles. The summed E-state index contributed by atoms with van der Waals surface area (Å²) in [6.45, 7) is 4.47. The lowest BCUT2D eigenvalue weighted by Crippen LogP contribution is -2.26. The molecule has 34 heavy (non-hydrogen) atoms. The summed E-state index contributed by atoms with van der Waals surface area (Å²) in [6.07, 6.45) is 0.0600. The Morgan fingerprint density at radius 3 is 2.68 bits per heavy atom. The van der Waals surface area contributed by atoms with Crippen molar-refractivity contribution in [3.8, 4) is 17.0 Å². The highest BCUT2D eigenvalue weighted by Gasteiger charge is 2.19. The van der Waals surface area contributed by atoms with Crippen LogP contribution in [0.1, 0.15) is 31.6 Å². The molecular weight excluding hydrogens is 443 g/mol. The summed E-state index contributed by atoms with van der Waals surface area (Å²) < 4.78 is 29.8. The topological polar surface area (TPSA) is 103 Å². The van der Waals surface area contributed by atoms with E-state index in [0.29, 0.717) is 41.7 Å². The van der Waals surface area contributed by atoms with Crippen LogP contribution in [0.2, 0.25) is 0 Å². The highest BCUT2D eigenvalue weighted by Crippen LogP contribution is 2.21. The molecule has 0 aliphatic carbocycles. The molecule has 1 aromatic heterocycles. The average molecular weight is 470 g/mol. The molecule has 180 valence electrons. The third kappa shape index (κ3) is 7.14. The van der Waals surface area contributed by atoms with E-state index in [1.807, 2.05) is 13.0 Å². The van der Waals surface area contributed by atoms with Crippen LogP contribution in [-0.4, -0.2) is 47.9 Å². The number of hydrogen-bond donors (Lipinski definition) is 1. The van der Waals surface area contributed by atoms with Crippen molar-refractivity contribution in [3.63, 3.8) is 0 Å². The SMILES string of the molecule is CCCO/N=C(/COc1cccc(CC(OCC)C(=O)O)c1)c1cc(-c2ccc(F)cc2)no1. The lowest BCUT2D eigenvalue weighted by atomic mass is 10.1. The molecule has 1 unspecified atom stereocenters. The van der Waals surface area contributed by atoms with Gasteiger partial charge in [0.2, 0.25) is 0 Å². The molecule has 3 rings (SSSR count). The monoisotopic (exact) mass is 470 g/mol. The van der Waals surface area contributed by atoms with Crippen molar-refractivity contribution in [2.24, 2.45) is 5.16 Å². The Morgan fingerprint density at radius 2 is 1.97 bits per heavy atom. The molecule has 0 bridgehead atoms. The fraction of sp³-hybridized carbons (Fsp3) is 0.320. The van der Waals surface area contributed by atoms with E-state index < -0.39 is 12.1 Å². The smallest absolute Gasteiger partial charge is 0.333 e. The van der Waals surface area contributed by atoms with E-state index in [-0.39, 0.29) is 18.8 Å². The normalized spacial score (nSPS) is 12.4. The summed E-state index contributed by atoms with van der Waals surface area (Å²) in [6, 6.07) is 14.7. The van der Waals surface area contributed by atoms with Gasteiger partial charge < -0.3 is 23.9 Å². The van der Waals surface area contributed by atoms with E-state index in [4.69, 9.17) is 18.8 Å². The maximum absolute atomic E-state index is 13.2. The van der Waals surface area contributed by atoms with Gasteiger partial charge in [-0.25, -0.2) is 9.18 Å². The zero-order valence-electron chi connectivity index (χ0n) is 19.1. The molecule has 9 heteroatoms. The first-order valence-corrected chi connectivity index (χ1v) is 11.0. The number of ether oxygens (including phenoxy) is 2. The van der Waals surface area contributed by atoms with Crippen molar-refractivity contribution < 1.29 is 33.1 Å². The minimum atomic E-state index is -1.02. The van der Waals surface area contributed by atoms with Gasteiger partial charge in [-0.05, 0) is 55.3 Å². The Hall–Kier alpha value is -3.72. The second-order valence-corrected chi connectivity index (χ2v) is 7.38. The Kier molecular flexibility index (Phi) is 9.16. The number of carboxylic acid groups (broad SMARTS) is 1. The van der Waals surface area contributed by atoms with Crippen LogP contribution in [-0.2, 0) is 20.8 Å². The van der Waals surface area contributed by atoms with Crippen molar-refractivity contribution in [2.75, 3.05) is 19.8 Å². The third-order valence-corrected chi connectivity index (χ3v) is 4.74. The number of rotatable bonds is 13. The Morgan fingerprint density at radius 1 is 1.18 bits per heavy atom. The Labute approximate surface area is 196 Å². The summed E-state index contributed by atoms with van der Waals surface area (Å²) >= 11 is 0. The number of oxime groups is 1. The molecule has 1 heterocycles. The molecule has 0 amide bonds. The number of halogens is 1. The van der Waals surface area contributed by atoms with E-state index in [9.17, 15) is 14.3 Å². The number of hydrogen-bond acceptors (Lipinski definition) is 7. The van der Waals surface area contributed by atoms with Gasteiger partial charge in [0.25, 0.3) is 0 Å². The average Bonchev–Trinajstić information content (AvgIpc) is 3.32. The summed E-state index contributed by atoms with van der Waals surface area (Å²) in [4.78, 5) is 16.7. The first-order valence-electron chi connectivity index (χ1n) is 11.0. The van der Waals surface area contributed by atoms with E-state index in [0.717, 1.165) is 12.0 Å². The predicted octanol–water partition coefficient (Wildman–Crippen LogP) is 4.72. The van der Waals surface area contributed by atoms with Gasteiger partial charge in [-0.2, -0.15) is 0 Å². The van der Waals surface area contributed by atoms with Crippen molar-refractivity contribution in [1.29, 1.82) is 0 Å². The minimum Gasteiger partial charge on any atom is -0.487 e. The van der Waals surface area contributed by atoms with Gasteiger partial charge in [-0.15, -0.1) is 0 Å². The molecule has 1 N–H and O–H groups in total. The molecule has 0 fully saturated rings. The fourth-order valence-electron chi connectivity index (χ4n) is 3.07. The van der Waals surface area contributed by atoms with Crippen LogP contribution < -0.4 is 4.74 Å². The fourth-order valence-corrected chi connectivity index (χ4v) is 3.07. The van der Waals surface area contributed by atoms with Gasteiger partial charge in [0, 0.05) is 24.7 Å². The largest absolute Gasteiger partial charge is 0.487 e. The zero-order valence-corrected chi connectivity index (χ0v) is 19.1. The highest BCUT2D eigenvalue weighted by atomic mass is 19.1. The van der Waals surface area contributed by atoms with E-state index in [2.05, 4.69) is 10.3 Å². The van der Waals surface area contributed by atoms with Crippen LogP contribution in [0, 0.1) is 5.82 Å². The maximum atomic E-state index is 13.2. The van der Waals surface area contributed by atoms with Gasteiger partial charge in [0.05, 0.1) is 0 Å². The quantitative estimate of drug-likeness (QED) is 0.219. The molecule has 0 saturated carbocycles. The number of carboxylic acids is 1. The highest BCUT2D eigenvalue weighted by molar-refractivity contribution is 5.99. The number of aromatic nitrogens is 1. The van der Waals surface area contributed by atoms with Gasteiger partial charge in [0.1, 0.15) is 30.5 Å². The summed E-state index contributed by atoms with van der Waals surface area (Å²) in [5.74, 6) is -0.472. The number of benzene rings is 2. The Balaban J connectivity index is 1.73.